The number of carbonyl (C=O) groups excluding carboxylic acids is 3. The van der Waals surface area contributed by atoms with E-state index in [0.717, 1.165) is 7.11 Å². The highest BCUT2D eigenvalue weighted by Crippen LogP contribution is 2.09. The van der Waals surface area contributed by atoms with Crippen LogP contribution in [0.1, 0.15) is 16.8 Å². The van der Waals surface area contributed by atoms with Crippen molar-refractivity contribution in [2.45, 2.75) is 6.42 Å². The van der Waals surface area contributed by atoms with E-state index in [-0.39, 0.29) is 17.0 Å². The zero-order valence-corrected chi connectivity index (χ0v) is 11.6. The predicted octanol–water partition coefficient (Wildman–Crippen LogP) is 0.0907. The van der Waals surface area contributed by atoms with Crippen LogP contribution in [0.25, 0.3) is 0 Å². The Morgan fingerprint density at radius 3 is 2.43 bits per heavy atom. The second-order valence-corrected chi connectivity index (χ2v) is 3.83. The first-order chi connectivity index (χ1) is 9.99. The highest BCUT2D eigenvalue weighted by Gasteiger charge is 2.18. The van der Waals surface area contributed by atoms with Crippen LogP contribution in [0.15, 0.2) is 29.4 Å². The Hall–Kier alpha value is -2.90. The van der Waals surface area contributed by atoms with Crippen molar-refractivity contribution in [2.24, 2.45) is 5.10 Å². The molecular formula is C13H15N3O5. The normalized spacial score (nSPS) is 10.7. The van der Waals surface area contributed by atoms with E-state index in [0.29, 0.717) is 0 Å². The molecule has 0 aliphatic heterocycles. The van der Waals surface area contributed by atoms with Gasteiger partial charge >= 0.3 is 11.9 Å². The number of rotatable bonds is 5. The fourth-order valence-electron chi connectivity index (χ4n) is 1.37. The number of nitrogen functional groups attached to an aromatic ring is 1. The molecule has 0 radical (unpaired) electrons. The SMILES string of the molecule is COC(=O)CC(=NNC(=O)c1ccccc1N)C(=O)OC. The van der Waals surface area contributed by atoms with Crippen molar-refractivity contribution >= 4 is 29.2 Å². The Kier molecular flexibility index (Phi) is 5.87. The highest BCUT2D eigenvalue weighted by molar-refractivity contribution is 6.39. The summed E-state index contributed by atoms with van der Waals surface area (Å²) in [4.78, 5) is 34.5. The lowest BCUT2D eigenvalue weighted by atomic mass is 10.2. The molecule has 0 heterocycles. The Balaban J connectivity index is 2.87. The third-order valence-corrected chi connectivity index (χ3v) is 2.46. The first kappa shape index (κ1) is 16.2. The van der Waals surface area contributed by atoms with Crippen LogP contribution in [0.5, 0.6) is 0 Å². The predicted molar refractivity (Wildman–Crippen MR) is 74.4 cm³/mol. The van der Waals surface area contributed by atoms with Crippen LogP contribution < -0.4 is 11.2 Å². The number of hydrazone groups is 1. The number of esters is 2. The average molecular weight is 293 g/mol. The molecule has 0 bridgehead atoms. The monoisotopic (exact) mass is 293 g/mol. The molecular weight excluding hydrogens is 278 g/mol. The Morgan fingerprint density at radius 2 is 1.86 bits per heavy atom. The van der Waals surface area contributed by atoms with Gasteiger partial charge in [-0.2, -0.15) is 5.10 Å². The number of carbonyl (C=O) groups is 3. The van der Waals surface area contributed by atoms with Gasteiger partial charge in [-0.1, -0.05) is 12.1 Å². The molecule has 1 aromatic carbocycles. The minimum absolute atomic E-state index is 0.198. The second-order valence-electron chi connectivity index (χ2n) is 3.83. The van der Waals surface area contributed by atoms with Gasteiger partial charge in [0.1, 0.15) is 0 Å². The van der Waals surface area contributed by atoms with Gasteiger partial charge in [0.15, 0.2) is 5.71 Å². The topological polar surface area (TPSA) is 120 Å². The van der Waals surface area contributed by atoms with Gasteiger partial charge in [-0.3, -0.25) is 9.59 Å². The number of hydrogen-bond donors (Lipinski definition) is 2. The zero-order valence-electron chi connectivity index (χ0n) is 11.6. The van der Waals surface area contributed by atoms with E-state index in [1.807, 2.05) is 0 Å². The van der Waals surface area contributed by atoms with Crippen molar-refractivity contribution in [3.8, 4) is 0 Å². The summed E-state index contributed by atoms with van der Waals surface area (Å²) in [6.45, 7) is 0. The van der Waals surface area contributed by atoms with Gasteiger partial charge in [-0.15, -0.1) is 0 Å². The van der Waals surface area contributed by atoms with Crippen LogP contribution in [0.2, 0.25) is 0 Å². The van der Waals surface area contributed by atoms with Gasteiger partial charge in [-0.25, -0.2) is 10.2 Å². The van der Waals surface area contributed by atoms with Gasteiger partial charge in [0.05, 0.1) is 26.2 Å². The van der Waals surface area contributed by atoms with E-state index in [1.54, 1.807) is 18.2 Å². The van der Waals surface area contributed by atoms with Crippen molar-refractivity contribution in [2.75, 3.05) is 20.0 Å². The lowest BCUT2D eigenvalue weighted by molar-refractivity contribution is -0.140. The van der Waals surface area contributed by atoms with Crippen molar-refractivity contribution in [3.63, 3.8) is 0 Å². The maximum atomic E-state index is 11.9. The maximum Gasteiger partial charge on any atom is 0.354 e. The molecule has 0 unspecified atom stereocenters. The summed E-state index contributed by atoms with van der Waals surface area (Å²) < 4.78 is 8.89. The van der Waals surface area contributed by atoms with Gasteiger partial charge in [-0.05, 0) is 12.1 Å². The fraction of sp³-hybridized carbons (Fsp3) is 0.231. The number of hydrogen-bond acceptors (Lipinski definition) is 7. The molecule has 0 saturated carbocycles. The smallest absolute Gasteiger partial charge is 0.354 e. The number of nitrogens with zero attached hydrogens (tertiary/aromatic N) is 1. The van der Waals surface area contributed by atoms with Crippen LogP contribution in [0.4, 0.5) is 5.69 Å². The highest BCUT2D eigenvalue weighted by atomic mass is 16.5. The lowest BCUT2D eigenvalue weighted by Crippen LogP contribution is -2.26. The molecule has 1 aromatic rings. The first-order valence-electron chi connectivity index (χ1n) is 5.86. The van der Waals surface area contributed by atoms with E-state index >= 15 is 0 Å². The molecule has 112 valence electrons. The third kappa shape index (κ3) is 4.60. The lowest BCUT2D eigenvalue weighted by Gasteiger charge is -2.06. The molecule has 8 nitrogen and oxygen atoms in total. The van der Waals surface area contributed by atoms with Gasteiger partial charge in [0.2, 0.25) is 0 Å². The van der Waals surface area contributed by atoms with E-state index in [1.165, 1.54) is 13.2 Å². The van der Waals surface area contributed by atoms with Crippen LogP contribution in [-0.4, -0.2) is 37.8 Å². The number of nitrogens with one attached hydrogen (secondary N) is 1. The molecule has 0 saturated heterocycles. The number of anilines is 1. The van der Waals surface area contributed by atoms with E-state index in [2.05, 4.69) is 20.0 Å². The molecule has 0 aliphatic carbocycles. The van der Waals surface area contributed by atoms with Crippen LogP contribution in [0, 0.1) is 0 Å². The first-order valence-corrected chi connectivity index (χ1v) is 5.86. The van der Waals surface area contributed by atoms with Crippen LogP contribution in [0.3, 0.4) is 0 Å². The summed E-state index contributed by atoms with van der Waals surface area (Å²) in [5, 5.41) is 3.59. The summed E-state index contributed by atoms with van der Waals surface area (Å²) in [5.74, 6) is -2.14. The minimum atomic E-state index is -0.846. The molecule has 3 N–H and O–H groups in total. The van der Waals surface area contributed by atoms with E-state index in [9.17, 15) is 14.4 Å². The quantitative estimate of drug-likeness (QED) is 0.343. The molecule has 0 aromatic heterocycles. The van der Waals surface area contributed by atoms with Gasteiger partial charge in [0.25, 0.3) is 5.91 Å². The standard InChI is InChI=1S/C13H15N3O5/c1-20-11(17)7-10(13(19)21-2)15-16-12(18)8-5-3-4-6-9(8)14/h3-6H,7,14H2,1-2H3,(H,16,18). The van der Waals surface area contributed by atoms with Crippen molar-refractivity contribution in [3.05, 3.63) is 29.8 Å². The molecule has 1 amide bonds. The summed E-state index contributed by atoms with van der Waals surface area (Å²) >= 11 is 0. The van der Waals surface area contributed by atoms with Crippen molar-refractivity contribution in [1.82, 2.24) is 5.43 Å². The molecule has 8 heteroatoms. The number of nitrogens with two attached hydrogens (primary N) is 1. The number of para-hydroxylation sites is 1. The Labute approximate surface area is 120 Å². The number of amides is 1. The van der Waals surface area contributed by atoms with E-state index < -0.39 is 24.3 Å². The summed E-state index contributed by atoms with van der Waals surface area (Å²) in [6, 6.07) is 6.35. The zero-order chi connectivity index (χ0) is 15.8. The molecule has 0 spiro atoms. The van der Waals surface area contributed by atoms with Crippen molar-refractivity contribution in [1.29, 1.82) is 0 Å². The average Bonchev–Trinajstić information content (AvgIpc) is 2.50. The maximum absolute atomic E-state index is 11.9. The molecule has 0 aliphatic rings. The Morgan fingerprint density at radius 1 is 1.19 bits per heavy atom. The summed E-state index contributed by atoms with van der Waals surface area (Å²) in [6.07, 6.45) is -0.423. The molecule has 0 atom stereocenters. The summed E-state index contributed by atoms with van der Waals surface area (Å²) in [7, 11) is 2.30. The number of ether oxygens (including phenoxy) is 2. The number of methoxy groups -OCH3 is 2. The second kappa shape index (κ2) is 7.63. The van der Waals surface area contributed by atoms with Crippen LogP contribution in [-0.2, 0) is 19.1 Å². The third-order valence-electron chi connectivity index (χ3n) is 2.46. The minimum Gasteiger partial charge on any atom is -0.469 e. The number of benzene rings is 1. The Bertz CT molecular complexity index is 583. The fourth-order valence-corrected chi connectivity index (χ4v) is 1.37. The molecule has 0 fully saturated rings. The largest absolute Gasteiger partial charge is 0.469 e. The molecule has 1 rings (SSSR count). The van der Waals surface area contributed by atoms with Crippen molar-refractivity contribution < 1.29 is 23.9 Å². The van der Waals surface area contributed by atoms with Crippen LogP contribution >= 0.6 is 0 Å². The van der Waals surface area contributed by atoms with E-state index in [4.69, 9.17) is 5.73 Å². The van der Waals surface area contributed by atoms with Gasteiger partial charge in [0, 0.05) is 5.69 Å². The van der Waals surface area contributed by atoms with Gasteiger partial charge < -0.3 is 15.2 Å². The summed E-state index contributed by atoms with van der Waals surface area (Å²) in [5.41, 5.74) is 7.96. The molecule has 21 heavy (non-hydrogen) atoms.